The van der Waals surface area contributed by atoms with Gasteiger partial charge in [0.25, 0.3) is 0 Å². The van der Waals surface area contributed by atoms with E-state index >= 15 is 0 Å². The molecule has 528 valence electrons. The molecule has 1 heterocycles. The molecule has 1 rings (SSSR count). The molecule has 0 aromatic heterocycles. The van der Waals surface area contributed by atoms with Gasteiger partial charge in [-0.1, -0.05) is 368 Å². The van der Waals surface area contributed by atoms with Gasteiger partial charge in [-0.15, -0.1) is 0 Å². The van der Waals surface area contributed by atoms with Crippen molar-refractivity contribution in [3.05, 3.63) is 97.2 Å². The molecule has 6 N–H and O–H groups in total. The first kappa shape index (κ1) is 86.1. The third kappa shape index (κ3) is 58.2. The number of aliphatic hydroxyl groups is 5. The number of amides is 1. The van der Waals surface area contributed by atoms with E-state index in [2.05, 4.69) is 104 Å². The van der Waals surface area contributed by atoms with E-state index in [-0.39, 0.29) is 12.5 Å². The molecule has 7 atom stereocenters. The summed E-state index contributed by atoms with van der Waals surface area (Å²) in [5.41, 5.74) is 0. The Balaban J connectivity index is 2.11. The lowest BCUT2D eigenvalue weighted by Crippen LogP contribution is -2.60. The van der Waals surface area contributed by atoms with Crippen LogP contribution in [0.3, 0.4) is 0 Å². The fraction of sp³-hybridized carbons (Fsp3) is 0.793. The van der Waals surface area contributed by atoms with Crippen LogP contribution in [0.4, 0.5) is 0 Å². The summed E-state index contributed by atoms with van der Waals surface area (Å²) in [6.07, 6.45) is 95.5. The molecule has 1 aliphatic heterocycles. The highest BCUT2D eigenvalue weighted by molar-refractivity contribution is 5.76. The minimum absolute atomic E-state index is 0.184. The van der Waals surface area contributed by atoms with Gasteiger partial charge in [0.05, 0.1) is 25.4 Å². The maximum Gasteiger partial charge on any atom is 0.220 e. The van der Waals surface area contributed by atoms with Gasteiger partial charge in [0.2, 0.25) is 5.91 Å². The molecule has 0 radical (unpaired) electrons. The van der Waals surface area contributed by atoms with E-state index in [1.165, 1.54) is 263 Å². The Kier molecular flexibility index (Phi) is 66.2. The SMILES string of the molecule is CC/C=C\C/C=C\C/C=C\C/C=C\C/C=C\C/C=C\CCCCCCCCCCCCCCCCCCC(=O)NC(COC1OC(CO)C(O)C(O)C1O)C(O)/C=C/CC/C=C/CCCCCCCCCCCCCCCCCCCCCCCCCCCCC. The summed E-state index contributed by atoms with van der Waals surface area (Å²) in [6, 6.07) is -0.829. The van der Waals surface area contributed by atoms with Gasteiger partial charge in [-0.25, -0.2) is 0 Å². The summed E-state index contributed by atoms with van der Waals surface area (Å²) < 4.78 is 11.3. The molecule has 9 nitrogen and oxygen atoms in total. The molecule has 1 amide bonds. The Morgan fingerprint density at radius 2 is 0.692 bits per heavy atom. The number of carbonyl (C=O) groups excluding carboxylic acids is 1. The highest BCUT2D eigenvalue weighted by atomic mass is 16.7. The average molecular weight is 1280 g/mol. The van der Waals surface area contributed by atoms with E-state index in [1.54, 1.807) is 6.08 Å². The Morgan fingerprint density at radius 3 is 1.05 bits per heavy atom. The summed E-state index contributed by atoms with van der Waals surface area (Å²) in [5, 5.41) is 54.9. The lowest BCUT2D eigenvalue weighted by atomic mass is 9.99. The van der Waals surface area contributed by atoms with Crippen molar-refractivity contribution in [1.82, 2.24) is 5.32 Å². The molecule has 1 fully saturated rings. The summed E-state index contributed by atoms with van der Waals surface area (Å²) >= 11 is 0. The van der Waals surface area contributed by atoms with Crippen molar-refractivity contribution < 1.29 is 39.8 Å². The number of carbonyl (C=O) groups is 1. The smallest absolute Gasteiger partial charge is 0.220 e. The lowest BCUT2D eigenvalue weighted by molar-refractivity contribution is -0.302. The van der Waals surface area contributed by atoms with Crippen LogP contribution in [-0.4, -0.2) is 87.5 Å². The topological polar surface area (TPSA) is 149 Å². The second-order valence-corrected chi connectivity index (χ2v) is 26.8. The number of rotatable bonds is 68. The largest absolute Gasteiger partial charge is 0.394 e. The minimum atomic E-state index is -1.58. The fourth-order valence-corrected chi connectivity index (χ4v) is 12.1. The third-order valence-electron chi connectivity index (χ3n) is 18.1. The van der Waals surface area contributed by atoms with Gasteiger partial charge in [-0.2, -0.15) is 0 Å². The molecule has 0 bridgehead atoms. The molecule has 91 heavy (non-hydrogen) atoms. The van der Waals surface area contributed by atoms with Crippen LogP contribution < -0.4 is 5.32 Å². The number of aliphatic hydroxyl groups excluding tert-OH is 5. The summed E-state index contributed by atoms with van der Waals surface area (Å²) in [6.45, 7) is 3.69. The first-order valence-electron chi connectivity index (χ1n) is 39.0. The van der Waals surface area contributed by atoms with Crippen LogP contribution in [0.25, 0.3) is 0 Å². The minimum Gasteiger partial charge on any atom is -0.394 e. The Hall–Kier alpha value is -2.89. The second kappa shape index (κ2) is 69.9. The summed E-state index contributed by atoms with van der Waals surface area (Å²) in [7, 11) is 0. The quantitative estimate of drug-likeness (QED) is 0.0261. The molecule has 0 aromatic rings. The van der Waals surface area contributed by atoms with Crippen LogP contribution >= 0.6 is 0 Å². The van der Waals surface area contributed by atoms with Crippen molar-refractivity contribution in [1.29, 1.82) is 0 Å². The lowest BCUT2D eigenvalue weighted by Gasteiger charge is -2.40. The standard InChI is InChI=1S/C82H147NO8/c1-3-5-7-9-11-13-15-17-19-21-23-25-27-29-31-33-35-37-38-40-42-44-46-48-50-52-54-56-58-60-62-64-66-68-70-72-78(86)83-75(74-90-82-81(89)80(88)79(87)77(73-84)91-82)76(85)71-69-67-65-63-61-59-57-55-53-51-49-47-45-43-41-39-36-34-32-30-28-26-24-22-20-18-16-14-12-10-8-6-4-2/h5,7,11,13,17,19,23,25,29,31,35,37,61,63,69,71,75-77,79-82,84-85,87-89H,3-4,6,8-10,12,14-16,18,20-22,24,26-28,30,32-34,36,38-60,62,64-68,70,72-74H2,1-2H3,(H,83,86)/b7-5-,13-11-,19-17-,25-23-,31-29-,37-35-,63-61+,71-69+. The highest BCUT2D eigenvalue weighted by Gasteiger charge is 2.44. The molecule has 0 aromatic carbocycles. The molecule has 7 unspecified atom stereocenters. The number of allylic oxidation sites excluding steroid dienone is 15. The normalized spacial score (nSPS) is 18.3. The summed E-state index contributed by atoms with van der Waals surface area (Å²) in [5.74, 6) is -0.184. The van der Waals surface area contributed by atoms with E-state index in [1.807, 2.05) is 6.08 Å². The maximum absolute atomic E-state index is 13.2. The second-order valence-electron chi connectivity index (χ2n) is 26.8. The Bertz CT molecular complexity index is 1770. The average Bonchev–Trinajstić information content (AvgIpc) is 1.58. The zero-order valence-corrected chi connectivity index (χ0v) is 59.3. The predicted molar refractivity (Wildman–Crippen MR) is 391 cm³/mol. The molecular weight excluding hydrogens is 1130 g/mol. The van der Waals surface area contributed by atoms with Crippen LogP contribution in [0.5, 0.6) is 0 Å². The summed E-state index contributed by atoms with van der Waals surface area (Å²) in [4.78, 5) is 13.2. The van der Waals surface area contributed by atoms with Crippen LogP contribution in [-0.2, 0) is 14.3 Å². The van der Waals surface area contributed by atoms with Gasteiger partial charge < -0.3 is 40.3 Å². The van der Waals surface area contributed by atoms with E-state index in [4.69, 9.17) is 9.47 Å². The maximum atomic E-state index is 13.2. The molecule has 9 heteroatoms. The van der Waals surface area contributed by atoms with Gasteiger partial charge >= 0.3 is 0 Å². The molecular formula is C82H147NO8. The number of nitrogens with one attached hydrogen (secondary N) is 1. The van der Waals surface area contributed by atoms with Gasteiger partial charge in [0.15, 0.2) is 6.29 Å². The predicted octanol–water partition coefficient (Wildman–Crippen LogP) is 22.2. The van der Waals surface area contributed by atoms with Crippen molar-refractivity contribution in [3.8, 4) is 0 Å². The van der Waals surface area contributed by atoms with E-state index < -0.39 is 49.5 Å². The van der Waals surface area contributed by atoms with E-state index in [0.29, 0.717) is 6.42 Å². The van der Waals surface area contributed by atoms with E-state index in [9.17, 15) is 30.3 Å². The molecule has 0 aliphatic carbocycles. The van der Waals surface area contributed by atoms with Crippen molar-refractivity contribution in [2.75, 3.05) is 13.2 Å². The molecule has 0 spiro atoms. The zero-order valence-electron chi connectivity index (χ0n) is 59.3. The van der Waals surface area contributed by atoms with Gasteiger partial charge in [-0.3, -0.25) is 4.79 Å². The van der Waals surface area contributed by atoms with Crippen LogP contribution in [0.15, 0.2) is 97.2 Å². The zero-order chi connectivity index (χ0) is 65.7. The van der Waals surface area contributed by atoms with E-state index in [0.717, 1.165) is 77.0 Å². The van der Waals surface area contributed by atoms with Crippen molar-refractivity contribution in [2.45, 2.75) is 403 Å². The monoisotopic (exact) mass is 1270 g/mol. The first-order valence-corrected chi connectivity index (χ1v) is 39.0. The third-order valence-corrected chi connectivity index (χ3v) is 18.1. The van der Waals surface area contributed by atoms with Crippen LogP contribution in [0, 0.1) is 0 Å². The Morgan fingerprint density at radius 1 is 0.385 bits per heavy atom. The van der Waals surface area contributed by atoms with Crippen molar-refractivity contribution >= 4 is 5.91 Å². The van der Waals surface area contributed by atoms with Crippen LogP contribution in [0.1, 0.15) is 361 Å². The van der Waals surface area contributed by atoms with Crippen molar-refractivity contribution in [2.24, 2.45) is 0 Å². The van der Waals surface area contributed by atoms with Gasteiger partial charge in [0.1, 0.15) is 24.4 Å². The van der Waals surface area contributed by atoms with Gasteiger partial charge in [-0.05, 0) is 83.5 Å². The number of ether oxygens (including phenoxy) is 2. The molecule has 0 saturated carbocycles. The molecule has 1 saturated heterocycles. The van der Waals surface area contributed by atoms with Crippen LogP contribution in [0.2, 0.25) is 0 Å². The highest BCUT2D eigenvalue weighted by Crippen LogP contribution is 2.24. The van der Waals surface area contributed by atoms with Crippen molar-refractivity contribution in [3.63, 3.8) is 0 Å². The number of hydrogen-bond acceptors (Lipinski definition) is 8. The first-order chi connectivity index (χ1) is 44.8. The Labute approximate surface area is 562 Å². The fourth-order valence-electron chi connectivity index (χ4n) is 12.1. The van der Waals surface area contributed by atoms with Gasteiger partial charge in [0, 0.05) is 6.42 Å². The number of hydrogen-bond donors (Lipinski definition) is 6. The number of unbranched alkanes of at least 4 members (excludes halogenated alkanes) is 44. The molecule has 1 aliphatic rings.